The fourth-order valence-electron chi connectivity index (χ4n) is 2.20. The van der Waals surface area contributed by atoms with Crippen LogP contribution in [-0.4, -0.2) is 25.2 Å². The summed E-state index contributed by atoms with van der Waals surface area (Å²) in [5, 5.41) is 11.8. The van der Waals surface area contributed by atoms with E-state index in [9.17, 15) is 18.5 Å². The van der Waals surface area contributed by atoms with Gasteiger partial charge in [-0.1, -0.05) is 15.9 Å². The lowest BCUT2D eigenvalue weighted by Gasteiger charge is -2.13. The molecule has 0 amide bonds. The Balaban J connectivity index is 3.38. The minimum atomic E-state index is -3.74. The quantitative estimate of drug-likeness (QED) is 0.363. The number of nitrogens with zero attached hydrogens (tertiary/aromatic N) is 1. The second-order valence-corrected chi connectivity index (χ2v) is 7.01. The second kappa shape index (κ2) is 6.64. The van der Waals surface area contributed by atoms with Crippen molar-refractivity contribution in [2.45, 2.75) is 32.1 Å². The highest BCUT2D eigenvalue weighted by Gasteiger charge is 2.27. The van der Waals surface area contributed by atoms with Crippen LogP contribution in [0.25, 0.3) is 0 Å². The summed E-state index contributed by atoms with van der Waals surface area (Å²) in [6, 6.07) is 1.53. The van der Waals surface area contributed by atoms with Crippen LogP contribution < -0.4 is 4.72 Å². The zero-order valence-electron chi connectivity index (χ0n) is 11.6. The number of benzene rings is 1. The van der Waals surface area contributed by atoms with Gasteiger partial charge in [0, 0.05) is 23.0 Å². The lowest BCUT2D eigenvalue weighted by molar-refractivity contribution is -0.386. The van der Waals surface area contributed by atoms with Gasteiger partial charge in [0.2, 0.25) is 10.0 Å². The second-order valence-electron chi connectivity index (χ2n) is 4.51. The number of hydrogen-bond acceptors (Lipinski definition) is 4. The highest BCUT2D eigenvalue weighted by atomic mass is 79.9. The minimum absolute atomic E-state index is 0.00405. The molecule has 0 saturated carbocycles. The monoisotopic (exact) mass is 364 g/mol. The first-order valence-corrected chi connectivity index (χ1v) is 8.63. The first-order chi connectivity index (χ1) is 9.22. The molecule has 6 nitrogen and oxygen atoms in total. The topological polar surface area (TPSA) is 89.3 Å². The van der Waals surface area contributed by atoms with E-state index >= 15 is 0 Å². The molecule has 0 heterocycles. The van der Waals surface area contributed by atoms with E-state index in [-0.39, 0.29) is 22.7 Å². The van der Waals surface area contributed by atoms with Gasteiger partial charge in [0.05, 0.1) is 9.82 Å². The number of nitro benzene ring substituents is 1. The number of rotatable bonds is 6. The van der Waals surface area contributed by atoms with E-state index in [0.29, 0.717) is 22.9 Å². The molecule has 1 aromatic carbocycles. The van der Waals surface area contributed by atoms with Crippen LogP contribution in [0.4, 0.5) is 5.69 Å². The maximum atomic E-state index is 12.3. The Bertz CT molecular complexity index is 629. The van der Waals surface area contributed by atoms with E-state index in [1.54, 1.807) is 13.8 Å². The number of hydrogen-bond donors (Lipinski definition) is 1. The predicted molar refractivity (Wildman–Crippen MR) is 80.9 cm³/mol. The number of halogens is 1. The molecular formula is C12H17BrN2O4S. The van der Waals surface area contributed by atoms with Crippen LogP contribution in [-0.2, 0) is 10.0 Å². The van der Waals surface area contributed by atoms with Crippen LogP contribution in [0.2, 0.25) is 0 Å². The lowest BCUT2D eigenvalue weighted by atomic mass is 10.1. The number of nitro groups is 1. The molecule has 0 aromatic heterocycles. The van der Waals surface area contributed by atoms with Crippen molar-refractivity contribution in [1.82, 2.24) is 4.72 Å². The smallest absolute Gasteiger partial charge is 0.258 e. The summed E-state index contributed by atoms with van der Waals surface area (Å²) in [5.41, 5.74) is 1.01. The van der Waals surface area contributed by atoms with Crippen molar-refractivity contribution in [1.29, 1.82) is 0 Å². The lowest BCUT2D eigenvalue weighted by Crippen LogP contribution is -2.26. The molecule has 1 N–H and O–H groups in total. The van der Waals surface area contributed by atoms with Crippen LogP contribution >= 0.6 is 15.9 Å². The van der Waals surface area contributed by atoms with Crippen LogP contribution in [0.3, 0.4) is 0 Å². The molecule has 1 rings (SSSR count). The number of sulfonamides is 1. The molecule has 0 aliphatic heterocycles. The van der Waals surface area contributed by atoms with Crippen molar-refractivity contribution in [2.75, 3.05) is 11.9 Å². The summed E-state index contributed by atoms with van der Waals surface area (Å²) in [6.45, 7) is 5.00. The Hall–Kier alpha value is -0.990. The van der Waals surface area contributed by atoms with Gasteiger partial charge in [-0.05, 0) is 38.8 Å². The molecule has 0 atom stereocenters. The standard InChI is InChI=1S/C12H17BrN2O4S/c1-8-7-9(2)12(10(3)11(8)15(16)17)20(18,19)14-6-4-5-13/h7,14H,4-6H2,1-3H3. The van der Waals surface area contributed by atoms with Crippen molar-refractivity contribution >= 4 is 31.6 Å². The SMILES string of the molecule is Cc1cc(C)c(S(=O)(=O)NCCCBr)c(C)c1[N+](=O)[O-]. The molecule has 0 aliphatic rings. The largest absolute Gasteiger partial charge is 0.276 e. The van der Waals surface area contributed by atoms with E-state index in [4.69, 9.17) is 0 Å². The van der Waals surface area contributed by atoms with Gasteiger partial charge < -0.3 is 0 Å². The molecule has 0 radical (unpaired) electrons. The third-order valence-electron chi connectivity index (χ3n) is 2.91. The van der Waals surface area contributed by atoms with Crippen LogP contribution in [0.15, 0.2) is 11.0 Å². The molecule has 0 spiro atoms. The summed E-state index contributed by atoms with van der Waals surface area (Å²) in [6.07, 6.45) is 0.644. The third-order valence-corrected chi connectivity index (χ3v) is 5.22. The summed E-state index contributed by atoms with van der Waals surface area (Å²) >= 11 is 3.22. The van der Waals surface area contributed by atoms with E-state index in [0.717, 1.165) is 0 Å². The summed E-state index contributed by atoms with van der Waals surface area (Å²) < 4.78 is 27.0. The average molecular weight is 365 g/mol. The molecule has 112 valence electrons. The average Bonchev–Trinajstić information content (AvgIpc) is 2.26. The van der Waals surface area contributed by atoms with E-state index < -0.39 is 14.9 Å². The number of alkyl halides is 1. The van der Waals surface area contributed by atoms with Crippen molar-refractivity contribution in [3.05, 3.63) is 32.9 Å². The zero-order valence-corrected chi connectivity index (χ0v) is 14.0. The maximum absolute atomic E-state index is 12.3. The summed E-state index contributed by atoms with van der Waals surface area (Å²) in [5.74, 6) is 0. The van der Waals surface area contributed by atoms with Crippen LogP contribution in [0, 0.1) is 30.9 Å². The molecule has 0 unspecified atom stereocenters. The van der Waals surface area contributed by atoms with Crippen LogP contribution in [0.1, 0.15) is 23.1 Å². The highest BCUT2D eigenvalue weighted by Crippen LogP contribution is 2.31. The molecule has 0 fully saturated rings. The minimum Gasteiger partial charge on any atom is -0.258 e. The number of aryl methyl sites for hydroxylation is 2. The molecule has 1 aromatic rings. The Morgan fingerprint density at radius 3 is 2.40 bits per heavy atom. The maximum Gasteiger partial charge on any atom is 0.276 e. The van der Waals surface area contributed by atoms with Crippen molar-refractivity contribution in [3.63, 3.8) is 0 Å². The normalized spacial score (nSPS) is 11.6. The molecule has 0 aliphatic carbocycles. The van der Waals surface area contributed by atoms with E-state index in [2.05, 4.69) is 20.7 Å². The van der Waals surface area contributed by atoms with Gasteiger partial charge in [-0.15, -0.1) is 0 Å². The van der Waals surface area contributed by atoms with Gasteiger partial charge >= 0.3 is 0 Å². The Morgan fingerprint density at radius 1 is 1.30 bits per heavy atom. The van der Waals surface area contributed by atoms with Gasteiger partial charge in [-0.3, -0.25) is 10.1 Å². The molecular weight excluding hydrogens is 348 g/mol. The molecule has 0 bridgehead atoms. The molecule has 0 saturated heterocycles. The van der Waals surface area contributed by atoms with Gasteiger partial charge in [-0.25, -0.2) is 13.1 Å². The molecule has 8 heteroatoms. The van der Waals surface area contributed by atoms with Crippen molar-refractivity contribution in [3.8, 4) is 0 Å². The van der Waals surface area contributed by atoms with E-state index in [1.165, 1.54) is 13.0 Å². The Kier molecular flexibility index (Phi) is 5.67. The predicted octanol–water partition coefficient (Wildman–Crippen LogP) is 2.58. The van der Waals surface area contributed by atoms with Gasteiger partial charge in [0.15, 0.2) is 0 Å². The van der Waals surface area contributed by atoms with Crippen molar-refractivity contribution < 1.29 is 13.3 Å². The van der Waals surface area contributed by atoms with Crippen molar-refractivity contribution in [2.24, 2.45) is 0 Å². The van der Waals surface area contributed by atoms with Gasteiger partial charge in [0.25, 0.3) is 5.69 Å². The summed E-state index contributed by atoms with van der Waals surface area (Å²) in [4.78, 5) is 10.5. The Labute approximate surface area is 126 Å². The number of nitrogens with one attached hydrogen (secondary N) is 1. The van der Waals surface area contributed by atoms with E-state index in [1.807, 2.05) is 0 Å². The van der Waals surface area contributed by atoms with Crippen LogP contribution in [0.5, 0.6) is 0 Å². The Morgan fingerprint density at radius 2 is 1.90 bits per heavy atom. The zero-order chi connectivity index (χ0) is 15.5. The fourth-order valence-corrected chi connectivity index (χ4v) is 4.02. The van der Waals surface area contributed by atoms with Gasteiger partial charge in [0.1, 0.15) is 0 Å². The summed E-state index contributed by atoms with van der Waals surface area (Å²) in [7, 11) is -3.74. The molecule has 20 heavy (non-hydrogen) atoms. The highest BCUT2D eigenvalue weighted by molar-refractivity contribution is 9.09. The first kappa shape index (κ1) is 17.1. The van der Waals surface area contributed by atoms with Gasteiger partial charge in [-0.2, -0.15) is 0 Å². The fraction of sp³-hybridized carbons (Fsp3) is 0.500. The third kappa shape index (κ3) is 3.56. The first-order valence-electron chi connectivity index (χ1n) is 6.03.